The molecular formula is C19H24N3SbSe-. The van der Waals surface area contributed by atoms with Gasteiger partial charge < -0.3 is 9.80 Å². The van der Waals surface area contributed by atoms with Crippen molar-refractivity contribution in [3.8, 4) is 4.97 Å². The van der Waals surface area contributed by atoms with Crippen LogP contribution in [0.3, 0.4) is 0 Å². The van der Waals surface area contributed by atoms with E-state index in [2.05, 4.69) is 78.3 Å². The summed E-state index contributed by atoms with van der Waals surface area (Å²) >= 11 is 2.11. The van der Waals surface area contributed by atoms with Gasteiger partial charge in [-0.15, -0.1) is 0 Å². The van der Waals surface area contributed by atoms with Crippen LogP contribution >= 0.6 is 0 Å². The van der Waals surface area contributed by atoms with E-state index in [9.17, 15) is 0 Å². The molecule has 0 bridgehead atoms. The molecule has 0 spiro atoms. The summed E-state index contributed by atoms with van der Waals surface area (Å²) in [7, 11) is 8.23. The van der Waals surface area contributed by atoms with Crippen LogP contribution in [0.15, 0.2) is 48.5 Å². The van der Waals surface area contributed by atoms with Gasteiger partial charge in [0, 0.05) is 37.5 Å². The van der Waals surface area contributed by atoms with Crippen molar-refractivity contribution in [2.45, 2.75) is 13.1 Å². The Morgan fingerprint density at radius 1 is 0.875 bits per heavy atom. The molecule has 24 heavy (non-hydrogen) atoms. The van der Waals surface area contributed by atoms with Crippen molar-refractivity contribution in [2.75, 3.05) is 28.2 Å². The Bertz CT molecular complexity index is 494. The Morgan fingerprint density at radius 3 is 1.42 bits per heavy atom. The summed E-state index contributed by atoms with van der Waals surface area (Å²) in [5.74, 6) is 0. The topological polar surface area (TPSA) is 30.3 Å². The largest absolute Gasteiger partial charge is 0 e. The Morgan fingerprint density at radius 2 is 1.21 bits per heavy atom. The van der Waals surface area contributed by atoms with Gasteiger partial charge in [-0.3, -0.25) is 0 Å². The van der Waals surface area contributed by atoms with Gasteiger partial charge in [0.15, 0.2) is 0 Å². The summed E-state index contributed by atoms with van der Waals surface area (Å²) in [5, 5.41) is 7.26. The number of benzene rings is 2. The van der Waals surface area contributed by atoms with E-state index < -0.39 is 0 Å². The maximum absolute atomic E-state index is 7.26. The third-order valence-corrected chi connectivity index (χ3v) is 2.52. The summed E-state index contributed by atoms with van der Waals surface area (Å²) in [5.41, 5.74) is 2.49. The summed E-state index contributed by atoms with van der Waals surface area (Å²) in [6.45, 7) is 1.95. The zero-order chi connectivity index (χ0) is 17.5. The quantitative estimate of drug-likeness (QED) is 0.611. The van der Waals surface area contributed by atoms with E-state index in [4.69, 9.17) is 5.26 Å². The second kappa shape index (κ2) is 17.0. The molecule has 5 radical (unpaired) electrons. The van der Waals surface area contributed by atoms with E-state index in [0.29, 0.717) is 0 Å². The molecule has 2 aromatic rings. The first-order valence-electron chi connectivity index (χ1n) is 7.21. The molecular weight excluding hydrogens is 471 g/mol. The molecule has 0 amide bonds. The molecule has 0 aromatic heterocycles. The minimum Gasteiger partial charge on any atom is 0 e. The molecule has 0 unspecified atom stereocenters. The van der Waals surface area contributed by atoms with Crippen LogP contribution in [-0.4, -0.2) is 78.4 Å². The van der Waals surface area contributed by atoms with Gasteiger partial charge in [0.05, 0.1) is 0 Å². The molecule has 0 N–H and O–H groups in total. The molecule has 0 aliphatic carbocycles. The molecule has 3 nitrogen and oxygen atoms in total. The smallest absolute Gasteiger partial charge is 0 e. The zero-order valence-electron chi connectivity index (χ0n) is 14.7. The average Bonchev–Trinajstić information content (AvgIpc) is 2.49. The van der Waals surface area contributed by atoms with Gasteiger partial charge in [0.1, 0.15) is 0 Å². The van der Waals surface area contributed by atoms with Crippen LogP contribution < -0.4 is 0 Å². The molecule has 127 valence electrons. The maximum Gasteiger partial charge on any atom is 0 e. The van der Waals surface area contributed by atoms with E-state index in [1.54, 1.807) is 4.97 Å². The first kappa shape index (κ1) is 25.4. The van der Waals surface area contributed by atoms with Gasteiger partial charge in [-0.1, -0.05) is 48.5 Å². The van der Waals surface area contributed by atoms with Crippen LogP contribution in [0, 0.1) is 22.4 Å². The fourth-order valence-corrected chi connectivity index (χ4v) is 1.74. The van der Waals surface area contributed by atoms with Crippen molar-refractivity contribution in [1.82, 2.24) is 9.80 Å². The second-order valence-electron chi connectivity index (χ2n) is 5.34. The van der Waals surface area contributed by atoms with Crippen LogP contribution in [-0.2, 0) is 13.1 Å². The van der Waals surface area contributed by atoms with Crippen molar-refractivity contribution >= 4 is 40.4 Å². The van der Waals surface area contributed by atoms with E-state index >= 15 is 0 Å². The molecule has 0 heterocycles. The normalized spacial score (nSPS) is 8.88. The minimum atomic E-state index is 0. The standard InChI is InChI=1S/2C9H12N.CHNSe.Sb/c2*1-10(2)8-9-6-4-3-5-7-9;2-1-3;/h2*3-6H,8H2,1-2H3;3H;/p-1. The SMILES string of the molecule is CN(C)Cc1[c]cccc1.CN(C)Cc1[c]cccc1.N#C[Se-].[Sb]. The third kappa shape index (κ3) is 16.1. The molecule has 0 atom stereocenters. The van der Waals surface area contributed by atoms with Gasteiger partial charge in [0.25, 0.3) is 0 Å². The van der Waals surface area contributed by atoms with E-state index in [1.165, 1.54) is 11.1 Å². The first-order valence-corrected chi connectivity index (χ1v) is 8.07. The van der Waals surface area contributed by atoms with Crippen molar-refractivity contribution in [3.05, 3.63) is 71.8 Å². The van der Waals surface area contributed by atoms with E-state index in [1.807, 2.05) is 36.4 Å². The number of hydrogen-bond donors (Lipinski definition) is 0. The molecule has 0 aliphatic heterocycles. The average molecular weight is 495 g/mol. The third-order valence-electron chi connectivity index (χ3n) is 2.52. The Hall–Kier alpha value is -0.812. The van der Waals surface area contributed by atoms with Crippen LogP contribution in [0.1, 0.15) is 11.1 Å². The monoisotopic (exact) mass is 495 g/mol. The predicted molar refractivity (Wildman–Crippen MR) is 102 cm³/mol. The molecule has 5 heteroatoms. The summed E-state index contributed by atoms with van der Waals surface area (Å²) in [4.78, 5) is 5.89. The van der Waals surface area contributed by atoms with Gasteiger partial charge in [-0.2, -0.15) is 0 Å². The van der Waals surface area contributed by atoms with Crippen molar-refractivity contribution in [2.24, 2.45) is 0 Å². The molecule has 0 saturated heterocycles. The predicted octanol–water partition coefficient (Wildman–Crippen LogP) is 2.35. The second-order valence-corrected chi connectivity index (χ2v) is 5.73. The molecule has 0 saturated carbocycles. The van der Waals surface area contributed by atoms with Gasteiger partial charge >= 0.3 is 26.2 Å². The van der Waals surface area contributed by atoms with Crippen molar-refractivity contribution in [3.63, 3.8) is 0 Å². The maximum atomic E-state index is 7.26. The van der Waals surface area contributed by atoms with Gasteiger partial charge in [-0.25, -0.2) is 0 Å². The fraction of sp³-hybridized carbons (Fsp3) is 0.316. The van der Waals surface area contributed by atoms with E-state index in [0.717, 1.165) is 13.1 Å². The number of nitrogens with zero attached hydrogens (tertiary/aromatic N) is 3. The van der Waals surface area contributed by atoms with Gasteiger partial charge in [-0.05, 0) is 51.5 Å². The van der Waals surface area contributed by atoms with Crippen LogP contribution in [0.2, 0.25) is 0 Å². The number of nitriles is 1. The minimum absolute atomic E-state index is 0. The molecule has 2 rings (SSSR count). The Labute approximate surface area is 172 Å². The molecule has 0 fully saturated rings. The molecule has 2 aromatic carbocycles. The van der Waals surface area contributed by atoms with Crippen molar-refractivity contribution < 1.29 is 0 Å². The van der Waals surface area contributed by atoms with Crippen LogP contribution in [0.25, 0.3) is 0 Å². The summed E-state index contributed by atoms with van der Waals surface area (Å²) in [6, 6.07) is 22.4. The van der Waals surface area contributed by atoms with Gasteiger partial charge in [0.2, 0.25) is 0 Å². The van der Waals surface area contributed by atoms with Crippen molar-refractivity contribution in [1.29, 1.82) is 5.26 Å². The fourth-order valence-electron chi connectivity index (χ4n) is 1.74. The van der Waals surface area contributed by atoms with Crippen LogP contribution in [0.5, 0.6) is 0 Å². The van der Waals surface area contributed by atoms with Crippen LogP contribution in [0.4, 0.5) is 0 Å². The van der Waals surface area contributed by atoms with E-state index in [-0.39, 0.29) is 24.4 Å². The number of hydrogen-bond acceptors (Lipinski definition) is 3. The summed E-state index contributed by atoms with van der Waals surface area (Å²) < 4.78 is 0. The molecule has 0 aliphatic rings. The Kier molecular flexibility index (Phi) is 18.0. The Balaban J connectivity index is 0. The number of rotatable bonds is 4. The summed E-state index contributed by atoms with van der Waals surface area (Å²) in [6.07, 6.45) is 0. The zero-order valence-corrected chi connectivity index (χ0v) is 19.0. The first-order chi connectivity index (χ1) is 11.0.